The summed E-state index contributed by atoms with van der Waals surface area (Å²) >= 11 is 12.1. The van der Waals surface area contributed by atoms with Crippen LogP contribution in [-0.2, 0) is 4.79 Å². The highest BCUT2D eigenvalue weighted by atomic mass is 35.5. The van der Waals surface area contributed by atoms with Crippen LogP contribution in [0.2, 0.25) is 10.0 Å². The van der Waals surface area contributed by atoms with Gasteiger partial charge in [-0.25, -0.2) is 4.98 Å². The Labute approximate surface area is 168 Å². The van der Waals surface area contributed by atoms with E-state index in [1.807, 2.05) is 12.1 Å². The lowest BCUT2D eigenvalue weighted by Gasteiger charge is -2.32. The molecule has 0 aliphatic carbocycles. The summed E-state index contributed by atoms with van der Waals surface area (Å²) in [5, 5.41) is 3.96. The van der Waals surface area contributed by atoms with Crippen LogP contribution in [0.4, 0.5) is 11.5 Å². The van der Waals surface area contributed by atoms with Crippen LogP contribution in [-0.4, -0.2) is 38.2 Å². The van der Waals surface area contributed by atoms with Crippen molar-refractivity contribution in [2.75, 3.05) is 37.5 Å². The molecule has 0 atom stereocenters. The van der Waals surface area contributed by atoms with E-state index in [1.54, 1.807) is 18.3 Å². The maximum absolute atomic E-state index is 12.7. The lowest BCUT2D eigenvalue weighted by Crippen LogP contribution is -2.38. The van der Waals surface area contributed by atoms with E-state index in [1.165, 1.54) is 14.2 Å². The first-order valence-corrected chi connectivity index (χ1v) is 9.36. The number of hydrogen-bond acceptors (Lipinski definition) is 5. The predicted octanol–water partition coefficient (Wildman–Crippen LogP) is 4.26. The fourth-order valence-corrected chi connectivity index (χ4v) is 3.47. The molecule has 1 aliphatic rings. The summed E-state index contributed by atoms with van der Waals surface area (Å²) in [4.78, 5) is 19.2. The Morgan fingerprint density at radius 1 is 1.15 bits per heavy atom. The number of nitrogens with one attached hydrogen (secondary N) is 1. The van der Waals surface area contributed by atoms with Crippen molar-refractivity contribution in [3.8, 4) is 11.5 Å². The molecule has 3 rings (SSSR count). The molecular formula is C19H21Cl2N3O3. The van der Waals surface area contributed by atoms with Crippen molar-refractivity contribution < 1.29 is 14.3 Å². The topological polar surface area (TPSA) is 63.7 Å². The maximum Gasteiger partial charge on any atom is 0.227 e. The molecule has 1 aromatic heterocycles. The zero-order chi connectivity index (χ0) is 19.4. The molecule has 1 saturated heterocycles. The molecule has 27 heavy (non-hydrogen) atoms. The monoisotopic (exact) mass is 409 g/mol. The minimum absolute atomic E-state index is 0.0433. The minimum Gasteiger partial charge on any atom is -0.495 e. The number of amides is 1. The summed E-state index contributed by atoms with van der Waals surface area (Å²) in [7, 11) is 3.07. The number of methoxy groups -OCH3 is 2. The van der Waals surface area contributed by atoms with E-state index in [2.05, 4.69) is 15.2 Å². The molecule has 1 aromatic carbocycles. The van der Waals surface area contributed by atoms with Crippen molar-refractivity contribution in [1.29, 1.82) is 0 Å². The summed E-state index contributed by atoms with van der Waals surface area (Å²) < 4.78 is 10.5. The Morgan fingerprint density at radius 3 is 2.44 bits per heavy atom. The van der Waals surface area contributed by atoms with E-state index in [-0.39, 0.29) is 11.8 Å². The van der Waals surface area contributed by atoms with Gasteiger partial charge >= 0.3 is 0 Å². The number of pyridine rings is 1. The third-order valence-electron chi connectivity index (χ3n) is 4.63. The van der Waals surface area contributed by atoms with Crippen LogP contribution in [0.25, 0.3) is 0 Å². The largest absolute Gasteiger partial charge is 0.495 e. The number of ether oxygens (including phenoxy) is 2. The zero-order valence-electron chi connectivity index (χ0n) is 15.2. The molecular weight excluding hydrogens is 389 g/mol. The third kappa shape index (κ3) is 4.57. The van der Waals surface area contributed by atoms with Crippen molar-refractivity contribution in [1.82, 2.24) is 4.98 Å². The van der Waals surface area contributed by atoms with E-state index < -0.39 is 0 Å². The molecule has 0 unspecified atom stereocenters. The summed E-state index contributed by atoms with van der Waals surface area (Å²) in [6, 6.07) is 7.02. The minimum atomic E-state index is -0.0841. The van der Waals surface area contributed by atoms with Gasteiger partial charge in [-0.15, -0.1) is 0 Å². The fourth-order valence-electron chi connectivity index (χ4n) is 3.12. The molecule has 2 heterocycles. The molecule has 1 amide bonds. The molecule has 0 bridgehead atoms. The Balaban J connectivity index is 1.63. The molecule has 1 N–H and O–H groups in total. The lowest BCUT2D eigenvalue weighted by molar-refractivity contribution is -0.120. The molecule has 8 heteroatoms. The maximum atomic E-state index is 12.7. The highest BCUT2D eigenvalue weighted by Gasteiger charge is 2.26. The first-order chi connectivity index (χ1) is 13.0. The normalized spacial score (nSPS) is 14.7. The summed E-state index contributed by atoms with van der Waals surface area (Å²) in [6.45, 7) is 1.51. The molecule has 1 aliphatic heterocycles. The van der Waals surface area contributed by atoms with Crippen molar-refractivity contribution in [2.45, 2.75) is 12.8 Å². The van der Waals surface area contributed by atoms with Crippen LogP contribution in [0, 0.1) is 5.92 Å². The summed E-state index contributed by atoms with van der Waals surface area (Å²) in [5.41, 5.74) is 0.537. The van der Waals surface area contributed by atoms with Gasteiger partial charge < -0.3 is 19.7 Å². The standard InChI is InChI=1S/C19H21Cl2N3O3/c1-26-16-10-17(27-2)15(9-14(16)21)23-19(25)12-5-7-24(8-6-12)18-4-3-13(20)11-22-18/h3-4,9-12H,5-8H2,1-2H3,(H,23,25). The van der Waals surface area contributed by atoms with Gasteiger partial charge in [0.15, 0.2) is 0 Å². The molecule has 0 radical (unpaired) electrons. The van der Waals surface area contributed by atoms with Gasteiger partial charge in [0.1, 0.15) is 17.3 Å². The molecule has 1 fully saturated rings. The van der Waals surface area contributed by atoms with Crippen LogP contribution >= 0.6 is 23.2 Å². The van der Waals surface area contributed by atoms with Gasteiger partial charge in [-0.3, -0.25) is 4.79 Å². The second kappa shape index (κ2) is 8.67. The number of hydrogen-bond donors (Lipinski definition) is 1. The zero-order valence-corrected chi connectivity index (χ0v) is 16.7. The van der Waals surface area contributed by atoms with Gasteiger partial charge in [-0.1, -0.05) is 23.2 Å². The van der Waals surface area contributed by atoms with Gasteiger partial charge in [0.2, 0.25) is 5.91 Å². The highest BCUT2D eigenvalue weighted by molar-refractivity contribution is 6.32. The van der Waals surface area contributed by atoms with E-state index in [4.69, 9.17) is 32.7 Å². The van der Waals surface area contributed by atoms with E-state index in [9.17, 15) is 4.79 Å². The number of rotatable bonds is 5. The van der Waals surface area contributed by atoms with Crippen molar-refractivity contribution in [3.05, 3.63) is 40.5 Å². The smallest absolute Gasteiger partial charge is 0.227 e. The van der Waals surface area contributed by atoms with Gasteiger partial charge in [0, 0.05) is 31.3 Å². The fraction of sp³-hybridized carbons (Fsp3) is 0.368. The number of carbonyl (C=O) groups is 1. The SMILES string of the molecule is COc1cc(OC)c(NC(=O)C2CCN(c3ccc(Cl)cn3)CC2)cc1Cl. The molecule has 0 spiro atoms. The molecule has 2 aromatic rings. The lowest BCUT2D eigenvalue weighted by atomic mass is 9.95. The van der Waals surface area contributed by atoms with E-state index in [0.717, 1.165) is 31.7 Å². The number of carbonyl (C=O) groups excluding carboxylic acids is 1. The number of nitrogens with zero attached hydrogens (tertiary/aromatic N) is 2. The molecule has 0 saturated carbocycles. The first-order valence-electron chi connectivity index (χ1n) is 8.60. The average molecular weight is 410 g/mol. The Kier molecular flexibility index (Phi) is 6.29. The van der Waals surface area contributed by atoms with Crippen molar-refractivity contribution in [2.24, 2.45) is 5.92 Å². The van der Waals surface area contributed by atoms with Gasteiger partial charge in [-0.2, -0.15) is 0 Å². The van der Waals surface area contributed by atoms with E-state index in [0.29, 0.717) is 27.2 Å². The molecule has 6 nitrogen and oxygen atoms in total. The van der Waals surface area contributed by atoms with Crippen molar-refractivity contribution in [3.63, 3.8) is 0 Å². The van der Waals surface area contributed by atoms with Crippen molar-refractivity contribution >= 4 is 40.6 Å². The van der Waals surface area contributed by atoms with Gasteiger partial charge in [0.25, 0.3) is 0 Å². The molecule has 144 valence electrons. The second-order valence-corrected chi connectivity index (χ2v) is 7.12. The van der Waals surface area contributed by atoms with E-state index >= 15 is 0 Å². The Hall–Kier alpha value is -2.18. The van der Waals surface area contributed by atoms with Crippen LogP contribution in [0.3, 0.4) is 0 Å². The average Bonchev–Trinajstić information content (AvgIpc) is 2.69. The summed E-state index contributed by atoms with van der Waals surface area (Å²) in [6.07, 6.45) is 3.11. The summed E-state index contributed by atoms with van der Waals surface area (Å²) in [5.74, 6) is 1.75. The number of aromatic nitrogens is 1. The predicted molar refractivity (Wildman–Crippen MR) is 107 cm³/mol. The van der Waals surface area contributed by atoms with Crippen LogP contribution in [0.15, 0.2) is 30.5 Å². The van der Waals surface area contributed by atoms with Crippen LogP contribution < -0.4 is 19.7 Å². The highest BCUT2D eigenvalue weighted by Crippen LogP contribution is 2.36. The number of anilines is 2. The van der Waals surface area contributed by atoms with Gasteiger partial charge in [-0.05, 0) is 31.0 Å². The quantitative estimate of drug-likeness (QED) is 0.798. The Bertz CT molecular complexity index is 807. The Morgan fingerprint density at radius 2 is 1.85 bits per heavy atom. The second-order valence-electron chi connectivity index (χ2n) is 6.27. The van der Waals surface area contributed by atoms with Gasteiger partial charge in [0.05, 0.1) is 30.0 Å². The first kappa shape index (κ1) is 19.6. The number of halogens is 2. The van der Waals surface area contributed by atoms with Crippen LogP contribution in [0.1, 0.15) is 12.8 Å². The van der Waals surface area contributed by atoms with Crippen LogP contribution in [0.5, 0.6) is 11.5 Å². The number of benzene rings is 1. The third-order valence-corrected chi connectivity index (χ3v) is 5.15. The number of piperidine rings is 1.